The summed E-state index contributed by atoms with van der Waals surface area (Å²) in [4.78, 5) is 62.6. The summed E-state index contributed by atoms with van der Waals surface area (Å²) in [6, 6.07) is 12.2. The van der Waals surface area contributed by atoms with Crippen LogP contribution in [0.25, 0.3) is 10.9 Å². The van der Waals surface area contributed by atoms with Crippen LogP contribution in [0.3, 0.4) is 0 Å². The first-order valence-corrected chi connectivity index (χ1v) is 15.6. The lowest BCUT2D eigenvalue weighted by atomic mass is 10.0. The number of amides is 3. The number of hydrogen-bond acceptors (Lipinski definition) is 7. The first kappa shape index (κ1) is 32.3. The van der Waals surface area contributed by atoms with E-state index < -0.39 is 47.9 Å². The zero-order valence-corrected chi connectivity index (χ0v) is 25.1. The Morgan fingerprint density at radius 2 is 1.52 bits per heavy atom. The van der Waals surface area contributed by atoms with Crippen LogP contribution in [-0.4, -0.2) is 79.9 Å². The zero-order chi connectivity index (χ0) is 31.5. The number of aliphatic carboxylic acids is 1. The third-order valence-corrected chi connectivity index (χ3v) is 7.85. The number of carboxylic acids is 1. The normalized spacial score (nSPS) is 13.9. The third-order valence-electron chi connectivity index (χ3n) is 7.21. The van der Waals surface area contributed by atoms with Crippen LogP contribution in [0.2, 0.25) is 0 Å². The van der Waals surface area contributed by atoms with E-state index in [1.54, 1.807) is 42.2 Å². The van der Waals surface area contributed by atoms with Gasteiger partial charge in [0, 0.05) is 48.3 Å². The summed E-state index contributed by atoms with van der Waals surface area (Å²) >= 11 is 1.56. The number of nitrogens with one attached hydrogen (secondary N) is 5. The van der Waals surface area contributed by atoms with Gasteiger partial charge in [-0.3, -0.25) is 14.4 Å². The molecule has 0 aliphatic rings. The molecule has 0 fully saturated rings. The minimum absolute atomic E-state index is 0.0576. The number of thioether (sulfide) groups is 1. The Hall–Kier alpha value is -4.62. The van der Waals surface area contributed by atoms with Gasteiger partial charge in [0.2, 0.25) is 17.7 Å². The first-order valence-electron chi connectivity index (χ1n) is 14.2. The molecule has 4 unspecified atom stereocenters. The molecule has 8 N–H and O–H groups in total. The Balaban J connectivity index is 1.58. The summed E-state index contributed by atoms with van der Waals surface area (Å²) < 4.78 is 0. The number of imidazole rings is 1. The fourth-order valence-corrected chi connectivity index (χ4v) is 5.29. The number of carbonyl (C=O) groups excluding carboxylic acids is 3. The van der Waals surface area contributed by atoms with E-state index in [1.165, 1.54) is 12.5 Å². The van der Waals surface area contributed by atoms with Crippen LogP contribution >= 0.6 is 11.8 Å². The second-order valence-corrected chi connectivity index (χ2v) is 11.4. The fourth-order valence-electron chi connectivity index (χ4n) is 4.80. The van der Waals surface area contributed by atoms with Gasteiger partial charge in [-0.15, -0.1) is 0 Å². The highest BCUT2D eigenvalue weighted by atomic mass is 32.2. The maximum atomic E-state index is 13.8. The van der Waals surface area contributed by atoms with E-state index in [0.717, 1.165) is 22.0 Å². The molecule has 4 rings (SSSR count). The van der Waals surface area contributed by atoms with Crippen LogP contribution in [0.4, 0.5) is 0 Å². The van der Waals surface area contributed by atoms with Gasteiger partial charge in [0.25, 0.3) is 0 Å². The van der Waals surface area contributed by atoms with Crippen molar-refractivity contribution in [2.75, 3.05) is 12.0 Å². The molecule has 232 valence electrons. The van der Waals surface area contributed by atoms with Crippen molar-refractivity contribution in [2.24, 2.45) is 5.73 Å². The number of aromatic nitrogens is 3. The van der Waals surface area contributed by atoms with E-state index in [-0.39, 0.29) is 19.3 Å². The van der Waals surface area contributed by atoms with Crippen LogP contribution in [0, 0.1) is 0 Å². The van der Waals surface area contributed by atoms with Gasteiger partial charge in [-0.1, -0.05) is 48.5 Å². The lowest BCUT2D eigenvalue weighted by Crippen LogP contribution is -2.58. The molecule has 4 atom stereocenters. The van der Waals surface area contributed by atoms with Crippen LogP contribution in [-0.2, 0) is 38.4 Å². The van der Waals surface area contributed by atoms with Crippen LogP contribution in [0.1, 0.15) is 23.2 Å². The lowest BCUT2D eigenvalue weighted by Gasteiger charge is -2.25. The zero-order valence-electron chi connectivity index (χ0n) is 24.3. The highest BCUT2D eigenvalue weighted by molar-refractivity contribution is 7.98. The van der Waals surface area contributed by atoms with Gasteiger partial charge in [0.1, 0.15) is 18.1 Å². The van der Waals surface area contributed by atoms with Crippen LogP contribution in [0.15, 0.2) is 73.3 Å². The van der Waals surface area contributed by atoms with Crippen molar-refractivity contribution in [3.05, 3.63) is 90.1 Å². The van der Waals surface area contributed by atoms with Crippen molar-refractivity contribution in [1.82, 2.24) is 30.9 Å². The molecule has 0 saturated heterocycles. The van der Waals surface area contributed by atoms with E-state index in [1.807, 2.05) is 36.6 Å². The molecule has 13 heteroatoms. The molecule has 2 heterocycles. The maximum absolute atomic E-state index is 13.8. The molecule has 44 heavy (non-hydrogen) atoms. The largest absolute Gasteiger partial charge is 0.480 e. The highest BCUT2D eigenvalue weighted by Crippen LogP contribution is 2.19. The monoisotopic (exact) mass is 619 g/mol. The van der Waals surface area contributed by atoms with Crippen LogP contribution in [0.5, 0.6) is 0 Å². The van der Waals surface area contributed by atoms with Gasteiger partial charge >= 0.3 is 5.97 Å². The van der Waals surface area contributed by atoms with E-state index in [9.17, 15) is 24.3 Å². The standard InChI is InChI=1S/C31H37N7O5S/c1-44-12-11-23(32)28(39)36-26(15-21-17-33-18-35-21)30(41)37-25(14-20-16-34-24-10-6-5-9-22(20)24)29(40)38-27(31(42)43)13-19-7-3-2-4-8-19/h2-10,16-18,23,25-27,34H,11-15,32H2,1H3,(H,33,35)(H,36,39)(H,37,41)(H,38,40)(H,42,43). The molecule has 2 aromatic heterocycles. The SMILES string of the molecule is CSCCC(N)C(=O)NC(Cc1cnc[nH]1)C(=O)NC(Cc1c[nH]c2ccccc12)C(=O)NC(Cc1ccccc1)C(=O)O. The molecule has 0 spiro atoms. The number of rotatable bonds is 16. The van der Waals surface area contributed by atoms with Gasteiger partial charge in [-0.2, -0.15) is 11.8 Å². The number of benzene rings is 2. The molecule has 0 aliphatic carbocycles. The second-order valence-electron chi connectivity index (χ2n) is 10.4. The minimum Gasteiger partial charge on any atom is -0.480 e. The summed E-state index contributed by atoms with van der Waals surface area (Å²) in [5.41, 5.74) is 8.99. The number of aromatic amines is 2. The smallest absolute Gasteiger partial charge is 0.326 e. The van der Waals surface area contributed by atoms with Gasteiger partial charge < -0.3 is 36.8 Å². The summed E-state index contributed by atoms with van der Waals surface area (Å²) in [6.45, 7) is 0. The number of nitrogens with two attached hydrogens (primary N) is 1. The van der Waals surface area contributed by atoms with E-state index in [2.05, 4.69) is 30.9 Å². The van der Waals surface area contributed by atoms with Crippen molar-refractivity contribution in [1.29, 1.82) is 0 Å². The molecule has 0 aliphatic heterocycles. The number of H-pyrrole nitrogens is 2. The van der Waals surface area contributed by atoms with Gasteiger partial charge in [-0.25, -0.2) is 9.78 Å². The fraction of sp³-hybridized carbons (Fsp3) is 0.323. The average Bonchev–Trinajstić information content (AvgIpc) is 3.69. The molecule has 2 aromatic carbocycles. The Kier molecular flexibility index (Phi) is 11.5. The van der Waals surface area contributed by atoms with Gasteiger partial charge in [-0.05, 0) is 35.6 Å². The van der Waals surface area contributed by atoms with Crippen molar-refractivity contribution in [3.8, 4) is 0 Å². The van der Waals surface area contributed by atoms with Crippen molar-refractivity contribution in [2.45, 2.75) is 49.9 Å². The molecule has 0 radical (unpaired) electrons. The van der Waals surface area contributed by atoms with E-state index in [4.69, 9.17) is 5.73 Å². The van der Waals surface area contributed by atoms with Crippen molar-refractivity contribution in [3.63, 3.8) is 0 Å². The summed E-state index contributed by atoms with van der Waals surface area (Å²) in [7, 11) is 0. The number of hydrogen-bond donors (Lipinski definition) is 7. The second kappa shape index (κ2) is 15.7. The Labute approximate surface area is 259 Å². The predicted octanol–water partition coefficient (Wildman–Crippen LogP) is 1.54. The highest BCUT2D eigenvalue weighted by Gasteiger charge is 2.31. The molecule has 0 bridgehead atoms. The third kappa shape index (κ3) is 8.94. The van der Waals surface area contributed by atoms with E-state index >= 15 is 0 Å². The number of fused-ring (bicyclic) bond motifs is 1. The molecule has 12 nitrogen and oxygen atoms in total. The number of carbonyl (C=O) groups is 4. The molecule has 3 amide bonds. The molecular weight excluding hydrogens is 582 g/mol. The first-order chi connectivity index (χ1) is 21.2. The summed E-state index contributed by atoms with van der Waals surface area (Å²) in [5.74, 6) is -2.32. The van der Waals surface area contributed by atoms with Crippen molar-refractivity contribution < 1.29 is 24.3 Å². The molecule has 0 saturated carbocycles. The maximum Gasteiger partial charge on any atom is 0.326 e. The minimum atomic E-state index is -1.23. The number of para-hydroxylation sites is 1. The number of carboxylic acid groups (broad SMARTS) is 1. The van der Waals surface area contributed by atoms with E-state index in [0.29, 0.717) is 17.9 Å². The Bertz CT molecular complexity index is 1540. The van der Waals surface area contributed by atoms with Crippen LogP contribution < -0.4 is 21.7 Å². The number of nitrogens with zero attached hydrogens (tertiary/aromatic N) is 1. The molecule has 4 aromatic rings. The quantitative estimate of drug-likeness (QED) is 0.0981. The molecular formula is C31H37N7O5S. The van der Waals surface area contributed by atoms with Gasteiger partial charge in [0.15, 0.2) is 0 Å². The average molecular weight is 620 g/mol. The topological polar surface area (TPSA) is 195 Å². The Morgan fingerprint density at radius 1 is 0.864 bits per heavy atom. The van der Waals surface area contributed by atoms with Crippen molar-refractivity contribution >= 4 is 46.4 Å². The Morgan fingerprint density at radius 3 is 2.20 bits per heavy atom. The lowest BCUT2D eigenvalue weighted by molar-refractivity contribution is -0.142. The predicted molar refractivity (Wildman–Crippen MR) is 169 cm³/mol. The summed E-state index contributed by atoms with van der Waals surface area (Å²) in [6.07, 6.45) is 7.28. The van der Waals surface area contributed by atoms with Gasteiger partial charge in [0.05, 0.1) is 12.4 Å². The summed E-state index contributed by atoms with van der Waals surface area (Å²) in [5, 5.41) is 18.9.